The van der Waals surface area contributed by atoms with Crippen LogP contribution in [-0.4, -0.2) is 42.3 Å². The number of carbonyl (C=O) groups is 2. The van der Waals surface area contributed by atoms with E-state index in [9.17, 15) is 14.7 Å². The van der Waals surface area contributed by atoms with Crippen molar-refractivity contribution in [2.24, 2.45) is 0 Å². The molecule has 0 spiro atoms. The Labute approximate surface area is 216 Å². The zero-order chi connectivity index (χ0) is 26.4. The summed E-state index contributed by atoms with van der Waals surface area (Å²) in [5, 5.41) is 14.2. The molecule has 1 aliphatic rings. The zero-order valence-corrected chi connectivity index (χ0v) is 21.4. The first-order valence-electron chi connectivity index (χ1n) is 12.5. The van der Waals surface area contributed by atoms with Gasteiger partial charge in [0, 0.05) is 23.6 Å². The number of ether oxygens (including phenoxy) is 4. The highest BCUT2D eigenvalue weighted by Gasteiger charge is 2.21. The summed E-state index contributed by atoms with van der Waals surface area (Å²) in [5.74, 6) is 0.0324. The molecule has 4 rings (SSSR count). The summed E-state index contributed by atoms with van der Waals surface area (Å²) in [5.41, 5.74) is 0.576. The average molecular weight is 508 g/mol. The van der Waals surface area contributed by atoms with Gasteiger partial charge in [-0.2, -0.15) is 0 Å². The number of rotatable bonds is 7. The molecule has 8 nitrogen and oxygen atoms in total. The highest BCUT2D eigenvalue weighted by atomic mass is 16.7. The maximum Gasteiger partial charge on any atom is 0.412 e. The largest absolute Gasteiger partial charge is 0.505 e. The number of phenols is 1. The molecule has 1 aliphatic heterocycles. The van der Waals surface area contributed by atoms with Gasteiger partial charge < -0.3 is 24.1 Å². The van der Waals surface area contributed by atoms with Crippen LogP contribution >= 0.6 is 0 Å². The lowest BCUT2D eigenvalue weighted by molar-refractivity contribution is -0.105. The molecule has 0 saturated carbocycles. The number of amides is 1. The molecule has 1 atom stereocenters. The molecule has 37 heavy (non-hydrogen) atoms. The number of nitrogens with one attached hydrogen (secondary N) is 1. The third kappa shape index (κ3) is 7.13. The number of esters is 1. The van der Waals surface area contributed by atoms with Crippen molar-refractivity contribution in [1.29, 1.82) is 0 Å². The predicted molar refractivity (Wildman–Crippen MR) is 140 cm³/mol. The van der Waals surface area contributed by atoms with Crippen LogP contribution in [0.3, 0.4) is 0 Å². The fraction of sp³-hybridized carbons (Fsp3) is 0.379. The molecule has 0 radical (unpaired) electrons. The molecule has 1 unspecified atom stereocenters. The monoisotopic (exact) mass is 507 g/mol. The second kappa shape index (κ2) is 11.5. The predicted octanol–water partition coefficient (Wildman–Crippen LogP) is 6.20. The van der Waals surface area contributed by atoms with Gasteiger partial charge in [-0.1, -0.05) is 36.4 Å². The van der Waals surface area contributed by atoms with Gasteiger partial charge in [0.2, 0.25) is 0 Å². The first-order chi connectivity index (χ1) is 17.7. The fourth-order valence-corrected chi connectivity index (χ4v) is 4.07. The van der Waals surface area contributed by atoms with Gasteiger partial charge in [-0.05, 0) is 57.4 Å². The van der Waals surface area contributed by atoms with Gasteiger partial charge in [-0.25, -0.2) is 9.59 Å². The normalized spacial score (nSPS) is 15.7. The Hall–Kier alpha value is -3.78. The first-order valence-corrected chi connectivity index (χ1v) is 12.5. The molecule has 3 aromatic rings. The van der Waals surface area contributed by atoms with Crippen molar-refractivity contribution in [3.8, 4) is 11.5 Å². The Morgan fingerprint density at radius 1 is 1.05 bits per heavy atom. The molecule has 2 N–H and O–H groups in total. The molecule has 1 heterocycles. The van der Waals surface area contributed by atoms with Crippen molar-refractivity contribution in [2.45, 2.75) is 58.3 Å². The summed E-state index contributed by atoms with van der Waals surface area (Å²) in [6.07, 6.45) is 2.64. The number of benzene rings is 3. The second-order valence-corrected chi connectivity index (χ2v) is 9.94. The highest BCUT2D eigenvalue weighted by Crippen LogP contribution is 2.36. The average Bonchev–Trinajstić information content (AvgIpc) is 2.86. The molecule has 0 aromatic heterocycles. The summed E-state index contributed by atoms with van der Waals surface area (Å²) < 4.78 is 22.3. The molecule has 0 aliphatic carbocycles. The van der Waals surface area contributed by atoms with E-state index in [-0.39, 0.29) is 29.9 Å². The summed E-state index contributed by atoms with van der Waals surface area (Å²) in [4.78, 5) is 25.3. The van der Waals surface area contributed by atoms with E-state index in [0.29, 0.717) is 17.2 Å². The van der Waals surface area contributed by atoms with Crippen LogP contribution in [0.1, 0.15) is 56.0 Å². The number of aromatic hydroxyl groups is 1. The van der Waals surface area contributed by atoms with E-state index in [1.54, 1.807) is 45.0 Å². The minimum absolute atomic E-state index is 0.0671. The number of phenolic OH excluding ortho intramolecular Hbond substituents is 1. The lowest BCUT2D eigenvalue weighted by Crippen LogP contribution is -2.27. The Balaban J connectivity index is 1.41. The highest BCUT2D eigenvalue weighted by molar-refractivity contribution is 6.10. The number of carbonyl (C=O) groups excluding carboxylic acids is 2. The van der Waals surface area contributed by atoms with E-state index in [0.717, 1.165) is 37.2 Å². The van der Waals surface area contributed by atoms with E-state index < -0.39 is 17.7 Å². The van der Waals surface area contributed by atoms with Gasteiger partial charge in [0.1, 0.15) is 17.1 Å². The quantitative estimate of drug-likeness (QED) is 0.290. The van der Waals surface area contributed by atoms with Crippen molar-refractivity contribution < 1.29 is 33.6 Å². The Kier molecular flexibility index (Phi) is 8.18. The zero-order valence-electron chi connectivity index (χ0n) is 21.4. The third-order valence-corrected chi connectivity index (χ3v) is 5.82. The number of hydrogen-bond donors (Lipinski definition) is 2. The molecule has 196 valence electrons. The molecule has 0 bridgehead atoms. The molecule has 1 fully saturated rings. The van der Waals surface area contributed by atoms with Crippen LogP contribution in [0.25, 0.3) is 10.8 Å². The van der Waals surface area contributed by atoms with E-state index >= 15 is 0 Å². The van der Waals surface area contributed by atoms with Crippen LogP contribution < -0.4 is 10.1 Å². The number of anilines is 1. The van der Waals surface area contributed by atoms with E-state index in [4.69, 9.17) is 18.9 Å². The molecular weight excluding hydrogens is 474 g/mol. The minimum Gasteiger partial charge on any atom is -0.505 e. The van der Waals surface area contributed by atoms with E-state index in [1.807, 2.05) is 24.3 Å². The first kappa shape index (κ1) is 26.3. The van der Waals surface area contributed by atoms with Gasteiger partial charge in [-0.3, -0.25) is 5.32 Å². The summed E-state index contributed by atoms with van der Waals surface area (Å²) in [6, 6.07) is 15.9. The smallest absolute Gasteiger partial charge is 0.412 e. The number of hydrogen-bond acceptors (Lipinski definition) is 7. The van der Waals surface area contributed by atoms with Crippen molar-refractivity contribution in [3.63, 3.8) is 0 Å². The number of fused-ring (bicyclic) bond motifs is 1. The van der Waals surface area contributed by atoms with Crippen molar-refractivity contribution in [3.05, 3.63) is 65.7 Å². The molecule has 8 heteroatoms. The Morgan fingerprint density at radius 2 is 1.78 bits per heavy atom. The van der Waals surface area contributed by atoms with Crippen molar-refractivity contribution >= 4 is 28.5 Å². The summed E-state index contributed by atoms with van der Waals surface area (Å²) in [7, 11) is 0. The molecule has 1 saturated heterocycles. The van der Waals surface area contributed by atoms with Crippen LogP contribution in [-0.2, 0) is 20.6 Å². The SMILES string of the molecule is CC(C)(C)OC(=O)Nc1cc(C(=O)OCCc2ccc(OC3CCCCO3)cc2)c2ccccc2c1O. The fourth-order valence-electron chi connectivity index (χ4n) is 4.07. The lowest BCUT2D eigenvalue weighted by Gasteiger charge is -2.23. The maximum absolute atomic E-state index is 13.0. The Morgan fingerprint density at radius 3 is 2.46 bits per heavy atom. The summed E-state index contributed by atoms with van der Waals surface area (Å²) >= 11 is 0. The molecular formula is C29H33NO7. The van der Waals surface area contributed by atoms with Crippen molar-refractivity contribution in [2.75, 3.05) is 18.5 Å². The summed E-state index contributed by atoms with van der Waals surface area (Å²) in [6.45, 7) is 6.10. The maximum atomic E-state index is 13.0. The van der Waals surface area contributed by atoms with Crippen LogP contribution in [0.15, 0.2) is 54.6 Å². The van der Waals surface area contributed by atoms with Crippen LogP contribution in [0.2, 0.25) is 0 Å². The van der Waals surface area contributed by atoms with Crippen molar-refractivity contribution in [1.82, 2.24) is 0 Å². The topological polar surface area (TPSA) is 103 Å². The van der Waals surface area contributed by atoms with E-state index in [2.05, 4.69) is 5.32 Å². The Bertz CT molecular complexity index is 1240. The second-order valence-electron chi connectivity index (χ2n) is 9.94. The standard InChI is InChI=1S/C29H33NO7/c1-29(2,3)37-28(33)30-24-18-23(21-8-4-5-9-22(21)26(24)31)27(32)35-17-15-19-11-13-20(14-12-19)36-25-10-6-7-16-34-25/h4-5,8-9,11-14,18,25,31H,6-7,10,15-17H2,1-3H3,(H,30,33). The van der Waals surface area contributed by atoms with Gasteiger partial charge >= 0.3 is 12.1 Å². The molecule has 1 amide bonds. The van der Waals surface area contributed by atoms with Gasteiger partial charge in [0.05, 0.1) is 24.5 Å². The lowest BCUT2D eigenvalue weighted by atomic mass is 10.0. The van der Waals surface area contributed by atoms with Crippen LogP contribution in [0, 0.1) is 0 Å². The van der Waals surface area contributed by atoms with Crippen LogP contribution in [0.4, 0.5) is 10.5 Å². The minimum atomic E-state index is -0.736. The van der Waals surface area contributed by atoms with E-state index in [1.165, 1.54) is 6.07 Å². The molecule has 3 aromatic carbocycles. The van der Waals surface area contributed by atoms with Gasteiger partial charge in [0.15, 0.2) is 6.29 Å². The third-order valence-electron chi connectivity index (χ3n) is 5.82. The van der Waals surface area contributed by atoms with Crippen LogP contribution in [0.5, 0.6) is 11.5 Å². The van der Waals surface area contributed by atoms with Gasteiger partial charge in [-0.15, -0.1) is 0 Å². The van der Waals surface area contributed by atoms with Gasteiger partial charge in [0.25, 0.3) is 0 Å².